The average Bonchev–Trinajstić information content (AvgIpc) is 3.55. The number of nitrogens with zero attached hydrogens (tertiary/aromatic N) is 4. The summed E-state index contributed by atoms with van der Waals surface area (Å²) in [5.41, 5.74) is 0.0388. The molecule has 0 bridgehead atoms. The van der Waals surface area contributed by atoms with E-state index in [1.54, 1.807) is 19.4 Å². The summed E-state index contributed by atoms with van der Waals surface area (Å²) in [7, 11) is 0. The Balaban J connectivity index is 1.24. The molecule has 0 aliphatic carbocycles. The number of β-lactam (4-membered cyclic amide) rings is 1. The number of aliphatic hydroxyl groups excluding tert-OH is 1. The fraction of sp³-hybridized carbons (Fsp3) is 0.636. The Bertz CT molecular complexity index is 995. The molecule has 178 valence electrons. The SMILES string of the molecule is C[C@@H](O)[C@H]1C(=O)N2C(C(=O)O)=C(S[C@@H]3CN[C@H](C(=O)N4CC[C@H](n5ccnc5)C4)C3)[C@H](C)[C@H]12. The second-order valence-corrected chi connectivity index (χ2v) is 10.8. The fourth-order valence-corrected chi connectivity index (χ4v) is 7.21. The van der Waals surface area contributed by atoms with Gasteiger partial charge in [-0.2, -0.15) is 0 Å². The first-order valence-corrected chi connectivity index (χ1v) is 12.3. The van der Waals surface area contributed by atoms with Gasteiger partial charge in [-0.25, -0.2) is 9.78 Å². The summed E-state index contributed by atoms with van der Waals surface area (Å²) in [5.74, 6) is -2.09. The minimum atomic E-state index is -1.12. The van der Waals surface area contributed by atoms with Crippen LogP contribution in [0.15, 0.2) is 29.3 Å². The maximum absolute atomic E-state index is 13.1. The second kappa shape index (κ2) is 8.44. The van der Waals surface area contributed by atoms with E-state index in [4.69, 9.17) is 0 Å². The first kappa shape index (κ1) is 22.4. The first-order valence-electron chi connectivity index (χ1n) is 11.4. The zero-order valence-electron chi connectivity index (χ0n) is 18.6. The largest absolute Gasteiger partial charge is 0.477 e. The molecule has 33 heavy (non-hydrogen) atoms. The van der Waals surface area contributed by atoms with Crippen LogP contribution in [0.5, 0.6) is 0 Å². The molecule has 4 aliphatic heterocycles. The third-order valence-corrected chi connectivity index (χ3v) is 8.93. The monoisotopic (exact) mass is 475 g/mol. The molecule has 3 fully saturated rings. The lowest BCUT2D eigenvalue weighted by Gasteiger charge is -2.46. The van der Waals surface area contributed by atoms with Crippen molar-refractivity contribution >= 4 is 29.5 Å². The van der Waals surface area contributed by atoms with E-state index in [0.717, 1.165) is 6.42 Å². The molecule has 7 atom stereocenters. The number of thioether (sulfide) groups is 1. The highest BCUT2D eigenvalue weighted by Crippen LogP contribution is 2.51. The normalized spacial score (nSPS) is 34.6. The number of nitrogens with one attached hydrogen (secondary N) is 1. The van der Waals surface area contributed by atoms with Crippen molar-refractivity contribution in [3.05, 3.63) is 29.3 Å². The molecule has 1 aromatic rings. The highest BCUT2D eigenvalue weighted by atomic mass is 32.2. The molecule has 1 aromatic heterocycles. The molecule has 5 rings (SSSR count). The van der Waals surface area contributed by atoms with Crippen LogP contribution in [0.3, 0.4) is 0 Å². The molecule has 0 spiro atoms. The summed E-state index contributed by atoms with van der Waals surface area (Å²) < 4.78 is 2.04. The van der Waals surface area contributed by atoms with Crippen LogP contribution in [0.1, 0.15) is 32.7 Å². The Kier molecular flexibility index (Phi) is 5.74. The van der Waals surface area contributed by atoms with E-state index in [-0.39, 0.29) is 46.8 Å². The summed E-state index contributed by atoms with van der Waals surface area (Å²) in [6.45, 7) is 5.47. The molecular formula is C22H29N5O5S. The first-order chi connectivity index (χ1) is 15.8. The number of fused-ring (bicyclic) bond motifs is 1. The molecule has 3 N–H and O–H groups in total. The van der Waals surface area contributed by atoms with Crippen molar-refractivity contribution in [2.45, 2.75) is 56.2 Å². The number of hydrogen-bond acceptors (Lipinski definition) is 7. The van der Waals surface area contributed by atoms with E-state index in [0.29, 0.717) is 31.0 Å². The van der Waals surface area contributed by atoms with Gasteiger partial charge in [0, 0.05) is 48.1 Å². The predicted octanol–water partition coefficient (Wildman–Crippen LogP) is 0.274. The van der Waals surface area contributed by atoms with Gasteiger partial charge in [-0.1, -0.05) is 6.92 Å². The number of amides is 2. The van der Waals surface area contributed by atoms with Gasteiger partial charge < -0.3 is 29.9 Å². The third-order valence-electron chi connectivity index (χ3n) is 7.41. The number of carbonyl (C=O) groups is 3. The minimum absolute atomic E-state index is 0.0385. The van der Waals surface area contributed by atoms with Gasteiger partial charge in [0.15, 0.2) is 0 Å². The minimum Gasteiger partial charge on any atom is -0.477 e. The number of hydrogen-bond donors (Lipinski definition) is 3. The highest BCUT2D eigenvalue weighted by Gasteiger charge is 2.60. The van der Waals surface area contributed by atoms with E-state index in [1.165, 1.54) is 16.7 Å². The molecule has 4 aliphatic rings. The van der Waals surface area contributed by atoms with Gasteiger partial charge in [0.25, 0.3) is 0 Å². The number of carboxylic acid groups (broad SMARTS) is 1. The smallest absolute Gasteiger partial charge is 0.353 e. The number of likely N-dealkylation sites (tertiary alicyclic amines) is 1. The third kappa shape index (κ3) is 3.66. The quantitative estimate of drug-likeness (QED) is 0.501. The van der Waals surface area contributed by atoms with Crippen molar-refractivity contribution in [3.63, 3.8) is 0 Å². The molecular weight excluding hydrogens is 446 g/mol. The van der Waals surface area contributed by atoms with Crippen LogP contribution < -0.4 is 5.32 Å². The zero-order chi connectivity index (χ0) is 23.4. The van der Waals surface area contributed by atoms with Crippen LogP contribution in [0.2, 0.25) is 0 Å². The van der Waals surface area contributed by atoms with Gasteiger partial charge in [-0.05, 0) is 19.8 Å². The Morgan fingerprint density at radius 1 is 1.36 bits per heavy atom. The zero-order valence-corrected chi connectivity index (χ0v) is 19.4. The molecule has 10 nitrogen and oxygen atoms in total. The van der Waals surface area contributed by atoms with E-state index in [1.807, 2.05) is 22.6 Å². The molecule has 0 saturated carbocycles. The van der Waals surface area contributed by atoms with Crippen LogP contribution in [-0.2, 0) is 14.4 Å². The molecule has 3 saturated heterocycles. The average molecular weight is 476 g/mol. The van der Waals surface area contributed by atoms with Crippen molar-refractivity contribution < 1.29 is 24.6 Å². The second-order valence-electron chi connectivity index (χ2n) is 9.44. The summed E-state index contributed by atoms with van der Waals surface area (Å²) in [6.07, 6.45) is 6.14. The number of aromatic nitrogens is 2. The molecule has 2 amide bonds. The van der Waals surface area contributed by atoms with Crippen LogP contribution in [0.4, 0.5) is 0 Å². The Hall–Kier alpha value is -2.37. The van der Waals surface area contributed by atoms with E-state index < -0.39 is 18.0 Å². The number of aliphatic carboxylic acids is 1. The van der Waals surface area contributed by atoms with Gasteiger partial charge in [0.1, 0.15) is 5.70 Å². The van der Waals surface area contributed by atoms with Gasteiger partial charge in [-0.3, -0.25) is 9.59 Å². The van der Waals surface area contributed by atoms with Crippen LogP contribution in [0.25, 0.3) is 0 Å². The Morgan fingerprint density at radius 3 is 2.82 bits per heavy atom. The summed E-state index contributed by atoms with van der Waals surface area (Å²) in [4.78, 5) is 45.6. The van der Waals surface area contributed by atoms with Crippen molar-refractivity contribution in [2.75, 3.05) is 19.6 Å². The Morgan fingerprint density at radius 2 is 2.15 bits per heavy atom. The number of aliphatic hydroxyl groups is 1. The molecule has 5 heterocycles. The predicted molar refractivity (Wildman–Crippen MR) is 120 cm³/mol. The maximum atomic E-state index is 13.1. The number of carboxylic acids is 1. The van der Waals surface area contributed by atoms with Crippen LogP contribution in [-0.4, -0.2) is 90.4 Å². The molecule has 0 aromatic carbocycles. The van der Waals surface area contributed by atoms with Gasteiger partial charge in [-0.15, -0.1) is 11.8 Å². The molecule has 0 unspecified atom stereocenters. The topological polar surface area (TPSA) is 128 Å². The molecule has 11 heteroatoms. The van der Waals surface area contributed by atoms with Gasteiger partial charge in [0.2, 0.25) is 11.8 Å². The van der Waals surface area contributed by atoms with Crippen molar-refractivity contribution in [1.29, 1.82) is 0 Å². The van der Waals surface area contributed by atoms with Gasteiger partial charge in [0.05, 0.1) is 36.5 Å². The van der Waals surface area contributed by atoms with E-state index in [9.17, 15) is 24.6 Å². The van der Waals surface area contributed by atoms with Gasteiger partial charge >= 0.3 is 5.97 Å². The summed E-state index contributed by atoms with van der Waals surface area (Å²) in [6, 6.07) is -0.365. The number of carbonyl (C=O) groups excluding carboxylic acids is 2. The maximum Gasteiger partial charge on any atom is 0.353 e. The standard InChI is InChI=1S/C22H29N5O5S/c1-11-17-16(12(2)28)21(30)27(17)18(22(31)32)19(11)33-14-7-15(24-8-14)20(29)25-5-3-13(9-25)26-6-4-23-10-26/h4,6,10-17,24,28H,3,5,7-9H2,1-2H3,(H,31,32)/t11-,12-,13+,14+,15+,16-,17-/m1/s1. The fourth-order valence-electron chi connectivity index (χ4n) is 5.73. The lowest BCUT2D eigenvalue weighted by atomic mass is 9.79. The van der Waals surface area contributed by atoms with Crippen molar-refractivity contribution in [1.82, 2.24) is 24.7 Å². The van der Waals surface area contributed by atoms with E-state index in [2.05, 4.69) is 10.3 Å². The molecule has 0 radical (unpaired) electrons. The van der Waals surface area contributed by atoms with Crippen molar-refractivity contribution in [2.24, 2.45) is 11.8 Å². The van der Waals surface area contributed by atoms with Crippen LogP contribution in [0, 0.1) is 11.8 Å². The lowest BCUT2D eigenvalue weighted by molar-refractivity contribution is -0.163. The lowest BCUT2D eigenvalue weighted by Crippen LogP contribution is -2.63. The van der Waals surface area contributed by atoms with Crippen LogP contribution >= 0.6 is 11.8 Å². The number of rotatable bonds is 6. The Labute approximate surface area is 196 Å². The summed E-state index contributed by atoms with van der Waals surface area (Å²) >= 11 is 1.46. The van der Waals surface area contributed by atoms with E-state index >= 15 is 0 Å². The summed E-state index contributed by atoms with van der Waals surface area (Å²) in [5, 5.41) is 23.2. The number of imidazole rings is 1. The highest BCUT2D eigenvalue weighted by molar-refractivity contribution is 8.03. The van der Waals surface area contributed by atoms with Crippen molar-refractivity contribution in [3.8, 4) is 0 Å².